The molecule has 1 amide bonds. The van der Waals surface area contributed by atoms with Gasteiger partial charge in [0.1, 0.15) is 0 Å². The van der Waals surface area contributed by atoms with E-state index in [1.807, 2.05) is 67.8 Å². The smallest absolute Gasteiger partial charge is 0.237 e. The molecule has 0 aliphatic carbocycles. The highest BCUT2D eigenvalue weighted by atomic mass is 32.2. The summed E-state index contributed by atoms with van der Waals surface area (Å²) >= 11 is 1.39. The van der Waals surface area contributed by atoms with Crippen molar-refractivity contribution in [2.45, 2.75) is 37.7 Å². The van der Waals surface area contributed by atoms with Crippen LogP contribution in [-0.2, 0) is 11.3 Å². The molecule has 28 heavy (non-hydrogen) atoms. The molecule has 0 saturated carbocycles. The van der Waals surface area contributed by atoms with Gasteiger partial charge < -0.3 is 5.32 Å². The molecule has 0 saturated heterocycles. The predicted octanol–water partition coefficient (Wildman–Crippen LogP) is 4.87. The summed E-state index contributed by atoms with van der Waals surface area (Å²) < 4.78 is 1.98. The molecule has 2 aromatic carbocycles. The molecule has 3 aromatic rings. The van der Waals surface area contributed by atoms with Gasteiger partial charge in [-0.15, -0.1) is 16.8 Å². The Hall–Kier alpha value is -2.86. The number of allylic oxidation sites excluding steroid dienone is 1. The number of thioether (sulfide) groups is 1. The Balaban J connectivity index is 1.78. The summed E-state index contributed by atoms with van der Waals surface area (Å²) in [4.78, 5) is 12.7. The first-order chi connectivity index (χ1) is 13.5. The second kappa shape index (κ2) is 8.89. The van der Waals surface area contributed by atoms with E-state index in [9.17, 15) is 4.79 Å². The van der Waals surface area contributed by atoms with Crippen LogP contribution in [0.3, 0.4) is 0 Å². The van der Waals surface area contributed by atoms with Gasteiger partial charge in [-0.3, -0.25) is 9.36 Å². The van der Waals surface area contributed by atoms with Crippen molar-refractivity contribution in [2.24, 2.45) is 0 Å². The molecule has 1 N–H and O–H groups in total. The minimum atomic E-state index is -0.322. The zero-order valence-corrected chi connectivity index (χ0v) is 17.2. The normalized spacial score (nSPS) is 11.8. The van der Waals surface area contributed by atoms with Crippen molar-refractivity contribution in [3.8, 4) is 11.4 Å². The van der Waals surface area contributed by atoms with Crippen molar-refractivity contribution in [1.29, 1.82) is 0 Å². The average Bonchev–Trinajstić information content (AvgIpc) is 3.07. The molecule has 5 nitrogen and oxygen atoms in total. The molecule has 0 unspecified atom stereocenters. The maximum absolute atomic E-state index is 12.7. The van der Waals surface area contributed by atoms with E-state index < -0.39 is 0 Å². The van der Waals surface area contributed by atoms with Crippen LogP contribution in [0.1, 0.15) is 18.1 Å². The maximum Gasteiger partial charge on any atom is 0.237 e. The van der Waals surface area contributed by atoms with Gasteiger partial charge in [0, 0.05) is 17.8 Å². The fourth-order valence-corrected chi connectivity index (χ4v) is 3.73. The van der Waals surface area contributed by atoms with E-state index >= 15 is 0 Å². The molecular formula is C22H24N4OS. The van der Waals surface area contributed by atoms with Gasteiger partial charge >= 0.3 is 0 Å². The molecule has 0 bridgehead atoms. The van der Waals surface area contributed by atoms with Gasteiger partial charge in [0.25, 0.3) is 0 Å². The lowest BCUT2D eigenvalue weighted by Gasteiger charge is -2.14. The standard InChI is InChI=1S/C22H24N4OS/c1-5-13-26-20(18-9-7-6-8-10-18)24-25-22(26)28-17(4)21(27)23-19-12-11-15(2)14-16(19)3/h5-12,14,17H,1,13H2,2-4H3,(H,23,27)/t17-/m1/s1. The summed E-state index contributed by atoms with van der Waals surface area (Å²) in [6.07, 6.45) is 1.81. The Labute approximate surface area is 169 Å². The van der Waals surface area contributed by atoms with Gasteiger partial charge in [-0.25, -0.2) is 0 Å². The number of benzene rings is 2. The summed E-state index contributed by atoms with van der Waals surface area (Å²) in [6, 6.07) is 15.9. The quantitative estimate of drug-likeness (QED) is 0.460. The summed E-state index contributed by atoms with van der Waals surface area (Å²) in [6.45, 7) is 10.3. The molecule has 0 aliphatic heterocycles. The number of aryl methyl sites for hydroxylation is 2. The number of hydrogen-bond donors (Lipinski definition) is 1. The van der Waals surface area contributed by atoms with Crippen molar-refractivity contribution in [3.63, 3.8) is 0 Å². The molecule has 6 heteroatoms. The van der Waals surface area contributed by atoms with Crippen LogP contribution >= 0.6 is 11.8 Å². The molecule has 3 rings (SSSR count). The average molecular weight is 393 g/mol. The van der Waals surface area contributed by atoms with E-state index in [1.165, 1.54) is 17.3 Å². The van der Waals surface area contributed by atoms with Crippen LogP contribution in [0.15, 0.2) is 66.3 Å². The second-order valence-corrected chi connectivity index (χ2v) is 7.95. The molecule has 1 aromatic heterocycles. The Bertz CT molecular complexity index is 981. The van der Waals surface area contributed by atoms with Crippen molar-refractivity contribution >= 4 is 23.4 Å². The minimum Gasteiger partial charge on any atom is -0.325 e. The molecular weight excluding hydrogens is 368 g/mol. The Kier molecular flexibility index (Phi) is 6.31. The number of amides is 1. The maximum atomic E-state index is 12.7. The van der Waals surface area contributed by atoms with Crippen LogP contribution in [0, 0.1) is 13.8 Å². The third-order valence-electron chi connectivity index (χ3n) is 4.35. The summed E-state index contributed by atoms with van der Waals surface area (Å²) in [5, 5.41) is 12.0. The first-order valence-electron chi connectivity index (χ1n) is 9.14. The zero-order valence-electron chi connectivity index (χ0n) is 16.3. The van der Waals surface area contributed by atoms with E-state index in [-0.39, 0.29) is 11.2 Å². The minimum absolute atomic E-state index is 0.0635. The molecule has 1 atom stereocenters. The van der Waals surface area contributed by atoms with E-state index in [4.69, 9.17) is 0 Å². The number of hydrogen-bond acceptors (Lipinski definition) is 4. The molecule has 1 heterocycles. The molecule has 144 valence electrons. The van der Waals surface area contributed by atoms with Gasteiger partial charge in [0.05, 0.1) is 5.25 Å². The molecule has 0 radical (unpaired) electrons. The topological polar surface area (TPSA) is 59.8 Å². The fourth-order valence-electron chi connectivity index (χ4n) is 2.87. The first kappa shape index (κ1) is 19.9. The van der Waals surface area contributed by atoms with Crippen molar-refractivity contribution in [3.05, 3.63) is 72.3 Å². The van der Waals surface area contributed by atoms with E-state index in [0.717, 1.165) is 22.6 Å². The number of carbonyl (C=O) groups excluding carboxylic acids is 1. The number of nitrogens with one attached hydrogen (secondary N) is 1. The lowest BCUT2D eigenvalue weighted by Crippen LogP contribution is -2.23. The Morgan fingerprint density at radius 2 is 1.96 bits per heavy atom. The first-order valence-corrected chi connectivity index (χ1v) is 10.0. The monoisotopic (exact) mass is 392 g/mol. The van der Waals surface area contributed by atoms with Gasteiger partial charge in [-0.1, -0.05) is 65.9 Å². The summed E-state index contributed by atoms with van der Waals surface area (Å²) in [5.74, 6) is 0.705. The summed E-state index contributed by atoms with van der Waals surface area (Å²) in [7, 11) is 0. The largest absolute Gasteiger partial charge is 0.325 e. The second-order valence-electron chi connectivity index (χ2n) is 6.64. The van der Waals surface area contributed by atoms with Crippen molar-refractivity contribution in [2.75, 3.05) is 5.32 Å². The molecule has 0 fully saturated rings. The number of rotatable bonds is 7. The van der Waals surface area contributed by atoms with E-state index in [2.05, 4.69) is 28.2 Å². The highest BCUT2D eigenvalue weighted by Crippen LogP contribution is 2.28. The zero-order chi connectivity index (χ0) is 20.1. The number of nitrogens with zero attached hydrogens (tertiary/aromatic N) is 3. The third-order valence-corrected chi connectivity index (χ3v) is 5.43. The van der Waals surface area contributed by atoms with Crippen LogP contribution < -0.4 is 5.32 Å². The number of anilines is 1. The molecule has 0 aliphatic rings. The lowest BCUT2D eigenvalue weighted by atomic mass is 10.1. The van der Waals surface area contributed by atoms with Crippen molar-refractivity contribution < 1.29 is 4.79 Å². The van der Waals surface area contributed by atoms with E-state index in [1.54, 1.807) is 6.08 Å². The highest BCUT2D eigenvalue weighted by Gasteiger charge is 2.21. The van der Waals surface area contributed by atoms with Gasteiger partial charge in [-0.05, 0) is 32.4 Å². The van der Waals surface area contributed by atoms with Crippen LogP contribution in [-0.4, -0.2) is 25.9 Å². The van der Waals surface area contributed by atoms with Crippen molar-refractivity contribution in [1.82, 2.24) is 14.8 Å². The van der Waals surface area contributed by atoms with E-state index in [0.29, 0.717) is 11.7 Å². The Morgan fingerprint density at radius 3 is 2.64 bits per heavy atom. The fraction of sp³-hybridized carbons (Fsp3) is 0.227. The number of aromatic nitrogens is 3. The molecule has 0 spiro atoms. The van der Waals surface area contributed by atoms with Crippen LogP contribution in [0.4, 0.5) is 5.69 Å². The van der Waals surface area contributed by atoms with Crippen LogP contribution in [0.25, 0.3) is 11.4 Å². The van der Waals surface area contributed by atoms with Crippen LogP contribution in [0.5, 0.6) is 0 Å². The van der Waals surface area contributed by atoms with Crippen LogP contribution in [0.2, 0.25) is 0 Å². The number of carbonyl (C=O) groups is 1. The van der Waals surface area contributed by atoms with Gasteiger partial charge in [0.2, 0.25) is 5.91 Å². The highest BCUT2D eigenvalue weighted by molar-refractivity contribution is 8.00. The third kappa shape index (κ3) is 4.51. The Morgan fingerprint density at radius 1 is 1.21 bits per heavy atom. The lowest BCUT2D eigenvalue weighted by molar-refractivity contribution is -0.115. The SMILES string of the molecule is C=CCn1c(S[C@H](C)C(=O)Nc2ccc(C)cc2C)nnc1-c1ccccc1. The summed E-state index contributed by atoms with van der Waals surface area (Å²) in [5.41, 5.74) is 4.03. The predicted molar refractivity (Wildman–Crippen MR) is 116 cm³/mol. The van der Waals surface area contributed by atoms with Gasteiger partial charge in [-0.2, -0.15) is 0 Å². The van der Waals surface area contributed by atoms with Gasteiger partial charge in [0.15, 0.2) is 11.0 Å².